The van der Waals surface area contributed by atoms with Crippen molar-refractivity contribution in [3.63, 3.8) is 0 Å². The highest BCUT2D eigenvalue weighted by Crippen LogP contribution is 2.56. The van der Waals surface area contributed by atoms with Crippen LogP contribution in [-0.4, -0.2) is 31.0 Å². The molecule has 32 heavy (non-hydrogen) atoms. The largest absolute Gasteiger partial charge is 0.480 e. The van der Waals surface area contributed by atoms with E-state index in [2.05, 4.69) is 10.1 Å². The number of aromatic nitrogens is 4. The average Bonchev–Trinajstić information content (AvgIpc) is 3.26. The number of halogens is 7. The van der Waals surface area contributed by atoms with Gasteiger partial charge in [-0.25, -0.2) is 9.07 Å². The topological polar surface area (TPSA) is 83.8 Å². The minimum atomic E-state index is -4.93. The van der Waals surface area contributed by atoms with Crippen molar-refractivity contribution in [2.75, 3.05) is 0 Å². The molecule has 1 aliphatic rings. The van der Waals surface area contributed by atoms with Gasteiger partial charge < -0.3 is 5.11 Å². The van der Waals surface area contributed by atoms with Crippen LogP contribution in [0.25, 0.3) is 11.0 Å². The second kappa shape index (κ2) is 6.94. The number of nitrogens with one attached hydrogen (secondary N) is 1. The quantitative estimate of drug-likeness (QED) is 0.558. The van der Waals surface area contributed by atoms with E-state index in [0.29, 0.717) is 25.0 Å². The summed E-state index contributed by atoms with van der Waals surface area (Å²) in [5.74, 6) is -1.55. The fourth-order valence-electron chi connectivity index (χ4n) is 3.84. The highest BCUT2D eigenvalue weighted by atomic mass is 19.4. The van der Waals surface area contributed by atoms with E-state index in [1.54, 1.807) is 6.92 Å². The number of aromatic hydroxyl groups is 1. The van der Waals surface area contributed by atoms with Gasteiger partial charge in [0.05, 0.1) is 23.7 Å². The highest BCUT2D eigenvalue weighted by molar-refractivity contribution is 5.78. The summed E-state index contributed by atoms with van der Waals surface area (Å²) in [4.78, 5) is 17.9. The van der Waals surface area contributed by atoms with E-state index in [-0.39, 0.29) is 11.2 Å². The van der Waals surface area contributed by atoms with Crippen molar-refractivity contribution in [3.8, 4) is 6.01 Å². The summed E-state index contributed by atoms with van der Waals surface area (Å²) in [5.41, 5.74) is -4.28. The molecule has 1 atom stereocenters. The van der Waals surface area contributed by atoms with E-state index < -0.39 is 64.3 Å². The second-order valence-corrected chi connectivity index (χ2v) is 8.06. The molecule has 1 unspecified atom stereocenters. The zero-order valence-corrected chi connectivity index (χ0v) is 16.3. The van der Waals surface area contributed by atoms with Crippen molar-refractivity contribution < 1.29 is 35.8 Å². The summed E-state index contributed by atoms with van der Waals surface area (Å²) in [5, 5.41) is 13.1. The summed E-state index contributed by atoms with van der Waals surface area (Å²) >= 11 is 0. The van der Waals surface area contributed by atoms with E-state index in [9.17, 15) is 40.6 Å². The van der Waals surface area contributed by atoms with Gasteiger partial charge in [0, 0.05) is 0 Å². The average molecular weight is 464 g/mol. The zero-order chi connectivity index (χ0) is 23.6. The smallest absolute Gasteiger partial charge is 0.419 e. The summed E-state index contributed by atoms with van der Waals surface area (Å²) in [6, 6.07) is 0.312. The zero-order valence-electron chi connectivity index (χ0n) is 16.3. The molecule has 0 bridgehead atoms. The Bertz CT molecular complexity index is 1260. The van der Waals surface area contributed by atoms with Crippen LogP contribution in [0.3, 0.4) is 0 Å². The number of aromatic amines is 1. The standard InChI is InChI=1S/C19H15F7N4O2/c1-17(4-5-17)13(8-2-3-9(10(20)6-8)19(24,25)26)30-14-12(15(31)28-16(32)27-14)11(29-30)7-18(21,22)23/h2-3,6,13H,4-5,7H2,1H3,(H2,27,28,31,32). The van der Waals surface area contributed by atoms with E-state index >= 15 is 0 Å². The predicted octanol–water partition coefficient (Wildman–Crippen LogP) is 4.48. The number of fused-ring (bicyclic) bond motifs is 1. The lowest BCUT2D eigenvalue weighted by molar-refractivity contribution is -0.140. The molecule has 4 rings (SSSR count). The van der Waals surface area contributed by atoms with Crippen LogP contribution in [0.15, 0.2) is 23.0 Å². The molecular formula is C19H15F7N4O2. The minimum Gasteiger partial charge on any atom is -0.480 e. The van der Waals surface area contributed by atoms with Crippen LogP contribution in [-0.2, 0) is 12.6 Å². The minimum absolute atomic E-state index is 0.0139. The molecule has 1 aliphatic carbocycles. The Morgan fingerprint density at radius 1 is 1.22 bits per heavy atom. The first-order valence-electron chi connectivity index (χ1n) is 9.33. The van der Waals surface area contributed by atoms with Gasteiger partial charge >= 0.3 is 12.4 Å². The number of hydrogen-bond acceptors (Lipinski definition) is 4. The monoisotopic (exact) mass is 464 g/mol. The Kier molecular flexibility index (Phi) is 4.79. The third kappa shape index (κ3) is 3.91. The van der Waals surface area contributed by atoms with Gasteiger partial charge in [-0.3, -0.25) is 9.78 Å². The van der Waals surface area contributed by atoms with Gasteiger partial charge in [-0.2, -0.15) is 36.4 Å². The van der Waals surface area contributed by atoms with Gasteiger partial charge in [-0.15, -0.1) is 0 Å². The molecule has 1 fully saturated rings. The van der Waals surface area contributed by atoms with E-state index in [1.807, 2.05) is 4.98 Å². The highest BCUT2D eigenvalue weighted by Gasteiger charge is 2.49. The first-order valence-corrected chi connectivity index (χ1v) is 9.33. The van der Waals surface area contributed by atoms with Crippen LogP contribution in [0.4, 0.5) is 30.7 Å². The predicted molar refractivity (Wildman–Crippen MR) is 96.5 cm³/mol. The van der Waals surface area contributed by atoms with Crippen molar-refractivity contribution in [1.82, 2.24) is 19.7 Å². The molecule has 0 radical (unpaired) electrons. The number of rotatable bonds is 4. The molecule has 172 valence electrons. The van der Waals surface area contributed by atoms with E-state index in [0.717, 1.165) is 10.7 Å². The Hall–Kier alpha value is -3.12. The summed E-state index contributed by atoms with van der Waals surface area (Å²) < 4.78 is 93.4. The number of H-pyrrole nitrogens is 1. The molecule has 13 heteroatoms. The maximum atomic E-state index is 14.3. The Morgan fingerprint density at radius 2 is 1.88 bits per heavy atom. The lowest BCUT2D eigenvalue weighted by Crippen LogP contribution is -2.23. The SMILES string of the molecule is CC1(C(c2ccc(C(F)(F)F)c(F)c2)n2nc(CC(F)(F)F)c3c(=O)[nH]c(O)nc32)CC1. The van der Waals surface area contributed by atoms with Crippen molar-refractivity contribution in [2.45, 2.75) is 44.6 Å². The van der Waals surface area contributed by atoms with E-state index in [1.165, 1.54) is 0 Å². The lowest BCUT2D eigenvalue weighted by atomic mass is 9.91. The van der Waals surface area contributed by atoms with Crippen LogP contribution in [0.2, 0.25) is 0 Å². The summed E-state index contributed by atoms with van der Waals surface area (Å²) in [6.45, 7) is 1.71. The van der Waals surface area contributed by atoms with Gasteiger partial charge in [-0.1, -0.05) is 13.0 Å². The first kappa shape index (κ1) is 22.1. The molecule has 3 aromatic rings. The maximum Gasteiger partial charge on any atom is 0.419 e. The first-order chi connectivity index (χ1) is 14.7. The Labute approximate surface area is 174 Å². The molecule has 0 spiro atoms. The molecule has 2 aromatic heterocycles. The molecule has 1 aromatic carbocycles. The molecule has 0 amide bonds. The number of hydrogen-bond donors (Lipinski definition) is 2. The second-order valence-electron chi connectivity index (χ2n) is 8.06. The number of benzene rings is 1. The third-order valence-corrected chi connectivity index (χ3v) is 5.55. The summed E-state index contributed by atoms with van der Waals surface area (Å²) in [6.07, 6.45) is -10.2. The van der Waals surface area contributed by atoms with Crippen LogP contribution in [0.1, 0.15) is 42.6 Å². The van der Waals surface area contributed by atoms with Gasteiger partial charge in [0.2, 0.25) is 0 Å². The molecule has 1 saturated carbocycles. The number of nitrogens with zero attached hydrogens (tertiary/aromatic N) is 3. The third-order valence-electron chi connectivity index (χ3n) is 5.55. The van der Waals surface area contributed by atoms with Gasteiger partial charge in [0.15, 0.2) is 5.65 Å². The molecule has 0 saturated heterocycles. The molecule has 2 heterocycles. The Balaban J connectivity index is 1.96. The lowest BCUT2D eigenvalue weighted by Gasteiger charge is -2.25. The van der Waals surface area contributed by atoms with Gasteiger partial charge in [0.1, 0.15) is 11.2 Å². The number of alkyl halides is 6. The van der Waals surface area contributed by atoms with Crippen LogP contribution in [0.5, 0.6) is 6.01 Å². The molecular weight excluding hydrogens is 449 g/mol. The fraction of sp³-hybridized carbons (Fsp3) is 0.421. The van der Waals surface area contributed by atoms with Crippen LogP contribution < -0.4 is 5.56 Å². The molecule has 0 aliphatic heterocycles. The maximum absolute atomic E-state index is 14.3. The van der Waals surface area contributed by atoms with Crippen LogP contribution >= 0.6 is 0 Å². The molecule has 6 nitrogen and oxygen atoms in total. The van der Waals surface area contributed by atoms with Gasteiger partial charge in [0.25, 0.3) is 11.6 Å². The summed E-state index contributed by atoms with van der Waals surface area (Å²) in [7, 11) is 0. The fourth-order valence-corrected chi connectivity index (χ4v) is 3.84. The van der Waals surface area contributed by atoms with Crippen molar-refractivity contribution >= 4 is 11.0 Å². The van der Waals surface area contributed by atoms with Gasteiger partial charge in [-0.05, 0) is 36.0 Å². The molecule has 2 N–H and O–H groups in total. The van der Waals surface area contributed by atoms with Crippen molar-refractivity contribution in [3.05, 3.63) is 51.2 Å². The normalized spacial score (nSPS) is 17.0. The van der Waals surface area contributed by atoms with E-state index in [4.69, 9.17) is 0 Å². The Morgan fingerprint density at radius 3 is 2.41 bits per heavy atom. The van der Waals surface area contributed by atoms with Crippen molar-refractivity contribution in [1.29, 1.82) is 0 Å². The van der Waals surface area contributed by atoms with Crippen LogP contribution in [0, 0.1) is 11.2 Å². The van der Waals surface area contributed by atoms with Crippen molar-refractivity contribution in [2.24, 2.45) is 5.41 Å².